The van der Waals surface area contributed by atoms with Gasteiger partial charge in [-0.25, -0.2) is 4.79 Å². The number of aromatic hydroxyl groups is 1. The number of hydrogen-bond acceptors (Lipinski definition) is 4. The minimum atomic E-state index is -0.782. The van der Waals surface area contributed by atoms with E-state index in [0.29, 0.717) is 6.54 Å². The number of carbonyl (C=O) groups excluding carboxylic acids is 1. The second kappa shape index (κ2) is 5.34. The first kappa shape index (κ1) is 12.3. The molecule has 1 aromatic heterocycles. The molecule has 0 aliphatic rings. The Hall–Kier alpha value is -1.78. The zero-order chi connectivity index (χ0) is 12.1. The number of pyridine rings is 1. The fourth-order valence-electron chi connectivity index (χ4n) is 1.38. The lowest BCUT2D eigenvalue weighted by molar-refractivity contribution is 0.0520. The SMILES string of the molecule is CCCn1ccc(O)c(C(=O)OCC)c1=O. The van der Waals surface area contributed by atoms with Crippen molar-refractivity contribution in [2.45, 2.75) is 26.8 Å². The van der Waals surface area contributed by atoms with E-state index in [1.807, 2.05) is 6.92 Å². The monoisotopic (exact) mass is 225 g/mol. The van der Waals surface area contributed by atoms with E-state index in [2.05, 4.69) is 0 Å². The van der Waals surface area contributed by atoms with Gasteiger partial charge in [-0.05, 0) is 19.4 Å². The Kier molecular flexibility index (Phi) is 4.10. The van der Waals surface area contributed by atoms with Crippen LogP contribution in [0.4, 0.5) is 0 Å². The van der Waals surface area contributed by atoms with Gasteiger partial charge in [0.25, 0.3) is 5.56 Å². The lowest BCUT2D eigenvalue weighted by atomic mass is 10.2. The molecule has 5 heteroatoms. The normalized spacial score (nSPS) is 10.1. The van der Waals surface area contributed by atoms with Crippen molar-refractivity contribution in [1.29, 1.82) is 0 Å². The highest BCUT2D eigenvalue weighted by Crippen LogP contribution is 2.12. The van der Waals surface area contributed by atoms with E-state index in [1.165, 1.54) is 16.8 Å². The molecule has 1 aromatic rings. The van der Waals surface area contributed by atoms with E-state index in [-0.39, 0.29) is 17.9 Å². The van der Waals surface area contributed by atoms with Crippen molar-refractivity contribution in [3.05, 3.63) is 28.2 Å². The molecule has 1 heterocycles. The molecule has 5 nitrogen and oxygen atoms in total. The average Bonchev–Trinajstić information content (AvgIpc) is 2.23. The van der Waals surface area contributed by atoms with Crippen molar-refractivity contribution in [3.63, 3.8) is 0 Å². The molecule has 0 saturated carbocycles. The van der Waals surface area contributed by atoms with Gasteiger partial charge in [-0.3, -0.25) is 4.79 Å². The third-order valence-corrected chi connectivity index (χ3v) is 2.09. The fraction of sp³-hybridized carbons (Fsp3) is 0.455. The molecule has 16 heavy (non-hydrogen) atoms. The molecule has 0 unspecified atom stereocenters. The molecule has 0 bridgehead atoms. The van der Waals surface area contributed by atoms with Crippen LogP contribution in [0.2, 0.25) is 0 Å². The summed E-state index contributed by atoms with van der Waals surface area (Å²) < 4.78 is 6.09. The van der Waals surface area contributed by atoms with Crippen molar-refractivity contribution >= 4 is 5.97 Å². The molecule has 1 N–H and O–H groups in total. The summed E-state index contributed by atoms with van der Waals surface area (Å²) in [4.78, 5) is 23.2. The van der Waals surface area contributed by atoms with E-state index in [4.69, 9.17) is 4.74 Å². The summed E-state index contributed by atoms with van der Waals surface area (Å²) in [6, 6.07) is 1.32. The predicted octanol–water partition coefficient (Wildman–Crippen LogP) is 1.14. The van der Waals surface area contributed by atoms with Gasteiger partial charge in [-0.15, -0.1) is 0 Å². The van der Waals surface area contributed by atoms with Gasteiger partial charge in [0.1, 0.15) is 5.75 Å². The van der Waals surface area contributed by atoms with Crippen LogP contribution < -0.4 is 5.56 Å². The van der Waals surface area contributed by atoms with E-state index in [9.17, 15) is 14.7 Å². The van der Waals surface area contributed by atoms with Crippen LogP contribution in [0.25, 0.3) is 0 Å². The van der Waals surface area contributed by atoms with Gasteiger partial charge in [0.2, 0.25) is 0 Å². The van der Waals surface area contributed by atoms with Gasteiger partial charge < -0.3 is 14.4 Å². The lowest BCUT2D eigenvalue weighted by Crippen LogP contribution is -2.26. The molecule has 0 amide bonds. The van der Waals surface area contributed by atoms with Crippen LogP contribution in [-0.2, 0) is 11.3 Å². The third-order valence-electron chi connectivity index (χ3n) is 2.09. The van der Waals surface area contributed by atoms with Gasteiger partial charge in [0.05, 0.1) is 6.61 Å². The molecule has 0 saturated heterocycles. The van der Waals surface area contributed by atoms with Crippen molar-refractivity contribution in [3.8, 4) is 5.75 Å². The largest absolute Gasteiger partial charge is 0.507 e. The molecule has 0 aliphatic heterocycles. The Morgan fingerprint density at radius 3 is 2.75 bits per heavy atom. The van der Waals surface area contributed by atoms with Crippen LogP contribution in [0.3, 0.4) is 0 Å². The summed E-state index contributed by atoms with van der Waals surface area (Å²) in [5.74, 6) is -1.12. The molecular weight excluding hydrogens is 210 g/mol. The highest BCUT2D eigenvalue weighted by molar-refractivity contribution is 5.91. The van der Waals surface area contributed by atoms with E-state index >= 15 is 0 Å². The standard InChI is InChI=1S/C11H15NO4/c1-3-6-12-7-5-8(13)9(10(12)14)11(15)16-4-2/h5,7,13H,3-4,6H2,1-2H3. The van der Waals surface area contributed by atoms with Gasteiger partial charge in [-0.2, -0.15) is 0 Å². The van der Waals surface area contributed by atoms with E-state index in [1.54, 1.807) is 6.92 Å². The zero-order valence-corrected chi connectivity index (χ0v) is 9.40. The molecule has 0 aromatic carbocycles. The lowest BCUT2D eigenvalue weighted by Gasteiger charge is -2.07. The Bertz CT molecular complexity index is 436. The molecule has 0 aliphatic carbocycles. The van der Waals surface area contributed by atoms with E-state index < -0.39 is 11.5 Å². The number of hydrogen-bond donors (Lipinski definition) is 1. The zero-order valence-electron chi connectivity index (χ0n) is 9.40. The van der Waals surface area contributed by atoms with Crippen molar-refractivity contribution < 1.29 is 14.6 Å². The first-order chi connectivity index (χ1) is 7.61. The molecule has 0 spiro atoms. The summed E-state index contributed by atoms with van der Waals surface area (Å²) in [7, 11) is 0. The number of aromatic nitrogens is 1. The van der Waals surface area contributed by atoms with Gasteiger partial charge in [-0.1, -0.05) is 6.92 Å². The number of carbonyl (C=O) groups is 1. The first-order valence-electron chi connectivity index (χ1n) is 5.21. The van der Waals surface area contributed by atoms with Gasteiger partial charge in [0, 0.05) is 12.7 Å². The maximum absolute atomic E-state index is 11.8. The first-order valence-corrected chi connectivity index (χ1v) is 5.21. The number of esters is 1. The molecule has 1 rings (SSSR count). The van der Waals surface area contributed by atoms with Crippen LogP contribution in [0.5, 0.6) is 5.75 Å². The summed E-state index contributed by atoms with van der Waals surface area (Å²) in [5.41, 5.74) is -0.807. The maximum Gasteiger partial charge on any atom is 0.347 e. The Morgan fingerprint density at radius 1 is 1.50 bits per heavy atom. The molecule has 0 fully saturated rings. The molecule has 0 radical (unpaired) electrons. The Labute approximate surface area is 93.3 Å². The van der Waals surface area contributed by atoms with Crippen molar-refractivity contribution in [2.24, 2.45) is 0 Å². The quantitative estimate of drug-likeness (QED) is 0.780. The van der Waals surface area contributed by atoms with Crippen molar-refractivity contribution in [2.75, 3.05) is 6.61 Å². The maximum atomic E-state index is 11.8. The Balaban J connectivity index is 3.21. The summed E-state index contributed by atoms with van der Waals surface area (Å²) in [6.45, 7) is 4.23. The van der Waals surface area contributed by atoms with Crippen LogP contribution in [0.1, 0.15) is 30.6 Å². The van der Waals surface area contributed by atoms with E-state index in [0.717, 1.165) is 6.42 Å². The Morgan fingerprint density at radius 2 is 2.19 bits per heavy atom. The average molecular weight is 225 g/mol. The van der Waals surface area contributed by atoms with Gasteiger partial charge in [0.15, 0.2) is 5.56 Å². The minimum absolute atomic E-state index is 0.167. The fourth-order valence-corrected chi connectivity index (χ4v) is 1.38. The predicted molar refractivity (Wildman–Crippen MR) is 58.6 cm³/mol. The molecular formula is C11H15NO4. The van der Waals surface area contributed by atoms with Crippen LogP contribution in [-0.4, -0.2) is 22.2 Å². The number of ether oxygens (including phenoxy) is 1. The summed E-state index contributed by atoms with van der Waals surface area (Å²) in [6.07, 6.45) is 2.23. The van der Waals surface area contributed by atoms with Crippen LogP contribution in [0, 0.1) is 0 Å². The third kappa shape index (κ3) is 2.42. The van der Waals surface area contributed by atoms with Gasteiger partial charge >= 0.3 is 5.97 Å². The highest BCUT2D eigenvalue weighted by atomic mass is 16.5. The second-order valence-electron chi connectivity index (χ2n) is 3.29. The van der Waals surface area contributed by atoms with Crippen LogP contribution in [0.15, 0.2) is 17.1 Å². The summed E-state index contributed by atoms with van der Waals surface area (Å²) >= 11 is 0. The smallest absolute Gasteiger partial charge is 0.347 e. The number of nitrogens with zero attached hydrogens (tertiary/aromatic N) is 1. The topological polar surface area (TPSA) is 68.5 Å². The van der Waals surface area contributed by atoms with Crippen molar-refractivity contribution in [1.82, 2.24) is 4.57 Å². The van der Waals surface area contributed by atoms with Crippen LogP contribution >= 0.6 is 0 Å². The number of aryl methyl sites for hydroxylation is 1. The molecule has 0 atom stereocenters. The second-order valence-corrected chi connectivity index (χ2v) is 3.29. The highest BCUT2D eigenvalue weighted by Gasteiger charge is 2.18. The minimum Gasteiger partial charge on any atom is -0.507 e. The number of rotatable bonds is 4. The molecule has 88 valence electrons. The summed E-state index contributed by atoms with van der Waals surface area (Å²) in [5, 5.41) is 9.47.